The van der Waals surface area contributed by atoms with Gasteiger partial charge in [-0.05, 0) is 28.8 Å². The van der Waals surface area contributed by atoms with Gasteiger partial charge in [-0.2, -0.15) is 0 Å². The van der Waals surface area contributed by atoms with Crippen LogP contribution in [0.1, 0.15) is 22.3 Å². The lowest BCUT2D eigenvalue weighted by Crippen LogP contribution is -2.44. The van der Waals surface area contributed by atoms with Crippen LogP contribution in [0.15, 0.2) is 43.0 Å². The molecule has 1 atom stereocenters. The Kier molecular flexibility index (Phi) is 8.72. The van der Waals surface area contributed by atoms with Crippen LogP contribution in [0, 0.1) is 0 Å². The molecule has 0 aromatic heterocycles. The van der Waals surface area contributed by atoms with Crippen molar-refractivity contribution < 1.29 is 38.9 Å². The van der Waals surface area contributed by atoms with Crippen molar-refractivity contribution in [2.24, 2.45) is 5.73 Å². The van der Waals surface area contributed by atoms with E-state index in [0.717, 1.165) is 0 Å². The maximum Gasteiger partial charge on any atom is 0.408 e. The van der Waals surface area contributed by atoms with Crippen molar-refractivity contribution >= 4 is 34.5 Å². The normalized spacial score (nSPS) is 11.4. The van der Waals surface area contributed by atoms with Crippen LogP contribution >= 0.6 is 0 Å². The van der Waals surface area contributed by atoms with E-state index < -0.39 is 42.8 Å². The summed E-state index contributed by atoms with van der Waals surface area (Å²) in [6.07, 6.45) is -0.256. The fraction of sp³-hybridized carbons (Fsp3) is 0.273. The van der Waals surface area contributed by atoms with E-state index in [9.17, 15) is 24.3 Å². The topological polar surface area (TPSA) is 165 Å². The van der Waals surface area contributed by atoms with Gasteiger partial charge in [-0.3, -0.25) is 14.4 Å². The van der Waals surface area contributed by atoms with Crippen molar-refractivity contribution in [2.45, 2.75) is 18.9 Å². The molecule has 2 rings (SSSR count). The van der Waals surface area contributed by atoms with Gasteiger partial charge in [-0.15, -0.1) is 0 Å². The van der Waals surface area contributed by atoms with Gasteiger partial charge < -0.3 is 30.7 Å². The van der Waals surface area contributed by atoms with Gasteiger partial charge in [0.1, 0.15) is 25.0 Å². The minimum atomic E-state index is -1.43. The number of aliphatic hydroxyl groups excluding tert-OH is 1. The van der Waals surface area contributed by atoms with E-state index in [1.165, 1.54) is 6.08 Å². The van der Waals surface area contributed by atoms with E-state index in [2.05, 4.69) is 11.9 Å². The van der Waals surface area contributed by atoms with Crippen molar-refractivity contribution in [3.63, 3.8) is 0 Å². The third-order valence-corrected chi connectivity index (χ3v) is 4.46. The Labute approximate surface area is 183 Å². The molecular formula is C22H24N2O8. The molecule has 0 radical (unpaired) electrons. The molecule has 2 aromatic carbocycles. The average molecular weight is 444 g/mol. The highest BCUT2D eigenvalue weighted by Gasteiger charge is 2.26. The summed E-state index contributed by atoms with van der Waals surface area (Å²) < 4.78 is 10.3. The standard InChI is InChI=1S/C22H24N2O8/c1-2-9-31-22(30)24-16(11-18(27)28)17(26)12-32-20-14(7-8-25)10-13-5-3-4-6-15(13)19(20)21(23)29/h2-6,10,16,25H,1,7-9,11-12H2,(H2,23,29)(H,24,30)(H,27,28). The molecule has 0 fully saturated rings. The van der Waals surface area contributed by atoms with E-state index in [1.807, 2.05) is 0 Å². The highest BCUT2D eigenvalue weighted by Crippen LogP contribution is 2.32. The zero-order valence-corrected chi connectivity index (χ0v) is 17.2. The number of nitrogens with two attached hydrogens (primary N) is 1. The molecule has 0 aliphatic carbocycles. The summed E-state index contributed by atoms with van der Waals surface area (Å²) in [4.78, 5) is 47.7. The summed E-state index contributed by atoms with van der Waals surface area (Å²) in [5.74, 6) is -2.86. The van der Waals surface area contributed by atoms with E-state index in [0.29, 0.717) is 16.3 Å². The average Bonchev–Trinajstić information content (AvgIpc) is 2.74. The molecule has 5 N–H and O–H groups in total. The molecule has 32 heavy (non-hydrogen) atoms. The summed E-state index contributed by atoms with van der Waals surface area (Å²) >= 11 is 0. The van der Waals surface area contributed by atoms with Crippen molar-refractivity contribution in [3.8, 4) is 5.75 Å². The number of nitrogens with one attached hydrogen (secondary N) is 1. The Morgan fingerprint density at radius 2 is 1.94 bits per heavy atom. The molecule has 1 unspecified atom stereocenters. The van der Waals surface area contributed by atoms with Crippen LogP contribution in [-0.2, 0) is 20.7 Å². The third kappa shape index (κ3) is 6.29. The number of hydrogen-bond acceptors (Lipinski definition) is 7. The lowest BCUT2D eigenvalue weighted by molar-refractivity contribution is -0.139. The SMILES string of the molecule is C=CCOC(=O)NC(CC(=O)O)C(=O)COc1c(CCO)cc2ccccc2c1C(N)=O. The Bertz CT molecular complexity index is 1030. The minimum Gasteiger partial charge on any atom is -0.485 e. The first-order valence-electron chi connectivity index (χ1n) is 9.65. The molecule has 2 aromatic rings. The van der Waals surface area contributed by atoms with E-state index >= 15 is 0 Å². The van der Waals surface area contributed by atoms with Crippen molar-refractivity contribution in [1.29, 1.82) is 0 Å². The molecule has 0 aliphatic heterocycles. The molecular weight excluding hydrogens is 420 g/mol. The van der Waals surface area contributed by atoms with Gasteiger partial charge in [0, 0.05) is 6.61 Å². The number of carbonyl (C=O) groups excluding carboxylic acids is 3. The minimum absolute atomic E-state index is 0.0157. The third-order valence-electron chi connectivity index (χ3n) is 4.46. The second-order valence-corrected chi connectivity index (χ2v) is 6.74. The smallest absolute Gasteiger partial charge is 0.408 e. The quantitative estimate of drug-likeness (QED) is 0.354. The predicted molar refractivity (Wildman–Crippen MR) is 114 cm³/mol. The number of carbonyl (C=O) groups is 4. The first-order chi connectivity index (χ1) is 15.3. The molecule has 10 heteroatoms. The van der Waals surface area contributed by atoms with Gasteiger partial charge >= 0.3 is 12.1 Å². The van der Waals surface area contributed by atoms with Gasteiger partial charge in [-0.1, -0.05) is 36.9 Å². The summed E-state index contributed by atoms with van der Waals surface area (Å²) in [7, 11) is 0. The monoisotopic (exact) mass is 444 g/mol. The van der Waals surface area contributed by atoms with Crippen LogP contribution in [0.5, 0.6) is 5.75 Å². The highest BCUT2D eigenvalue weighted by atomic mass is 16.5. The number of benzene rings is 2. The van der Waals surface area contributed by atoms with Crippen molar-refractivity contribution in [2.75, 3.05) is 19.8 Å². The number of aliphatic carboxylic acids is 1. The van der Waals surface area contributed by atoms with Crippen LogP contribution in [0.4, 0.5) is 4.79 Å². The molecule has 0 saturated heterocycles. The number of hydrogen-bond donors (Lipinski definition) is 4. The number of amides is 2. The molecule has 0 spiro atoms. The van der Waals surface area contributed by atoms with E-state index in [-0.39, 0.29) is 30.9 Å². The number of primary amides is 1. The zero-order chi connectivity index (χ0) is 23.7. The van der Waals surface area contributed by atoms with Gasteiger partial charge in [0.15, 0.2) is 5.78 Å². The number of carboxylic acid groups (broad SMARTS) is 1. The molecule has 0 heterocycles. The van der Waals surface area contributed by atoms with Gasteiger partial charge in [0.2, 0.25) is 0 Å². The van der Waals surface area contributed by atoms with Crippen LogP contribution in [0.2, 0.25) is 0 Å². The number of ketones is 1. The second kappa shape index (κ2) is 11.5. The Morgan fingerprint density at radius 1 is 1.22 bits per heavy atom. The lowest BCUT2D eigenvalue weighted by atomic mass is 9.97. The number of carboxylic acids is 1. The van der Waals surface area contributed by atoms with Crippen LogP contribution < -0.4 is 15.8 Å². The summed E-state index contributed by atoms with van der Waals surface area (Å²) in [5, 5.41) is 21.8. The molecule has 170 valence electrons. The van der Waals surface area contributed by atoms with E-state index in [4.69, 9.17) is 20.3 Å². The summed E-state index contributed by atoms with van der Waals surface area (Å²) in [5.41, 5.74) is 6.04. The molecule has 0 aliphatic rings. The number of rotatable bonds is 12. The van der Waals surface area contributed by atoms with Crippen molar-refractivity contribution in [3.05, 3.63) is 54.1 Å². The first-order valence-corrected chi connectivity index (χ1v) is 9.65. The lowest BCUT2D eigenvalue weighted by Gasteiger charge is -2.19. The van der Waals surface area contributed by atoms with Gasteiger partial charge in [-0.25, -0.2) is 4.79 Å². The maximum absolute atomic E-state index is 12.6. The molecule has 0 saturated carbocycles. The number of Topliss-reactive ketones (excluding diaryl/α,β-unsaturated/α-hetero) is 1. The highest BCUT2D eigenvalue weighted by molar-refractivity contribution is 6.09. The predicted octanol–water partition coefficient (Wildman–Crippen LogP) is 1.18. The Balaban J connectivity index is 2.33. The van der Waals surface area contributed by atoms with Crippen LogP contribution in [0.25, 0.3) is 10.8 Å². The Morgan fingerprint density at radius 3 is 2.56 bits per heavy atom. The fourth-order valence-corrected chi connectivity index (χ4v) is 3.08. The van der Waals surface area contributed by atoms with Gasteiger partial charge in [0.25, 0.3) is 5.91 Å². The molecule has 10 nitrogen and oxygen atoms in total. The number of alkyl carbamates (subject to hydrolysis) is 1. The molecule has 0 bridgehead atoms. The summed E-state index contributed by atoms with van der Waals surface area (Å²) in [6, 6.07) is 7.18. The van der Waals surface area contributed by atoms with Gasteiger partial charge in [0.05, 0.1) is 12.0 Å². The van der Waals surface area contributed by atoms with Crippen LogP contribution in [-0.4, -0.2) is 59.8 Å². The number of fused-ring (bicyclic) bond motifs is 1. The first kappa shape index (κ1) is 24.4. The van der Waals surface area contributed by atoms with Crippen molar-refractivity contribution in [1.82, 2.24) is 5.32 Å². The maximum atomic E-state index is 12.6. The number of aliphatic hydroxyl groups is 1. The fourth-order valence-electron chi connectivity index (χ4n) is 3.08. The molecule has 2 amide bonds. The second-order valence-electron chi connectivity index (χ2n) is 6.74. The number of ether oxygens (including phenoxy) is 2. The Hall–Kier alpha value is -3.92. The zero-order valence-electron chi connectivity index (χ0n) is 17.2. The van der Waals surface area contributed by atoms with Crippen LogP contribution in [0.3, 0.4) is 0 Å². The summed E-state index contributed by atoms with van der Waals surface area (Å²) in [6.45, 7) is 2.35. The van der Waals surface area contributed by atoms with E-state index in [1.54, 1.807) is 30.3 Å². The largest absolute Gasteiger partial charge is 0.485 e.